The van der Waals surface area contributed by atoms with Crippen LogP contribution in [0.2, 0.25) is 0 Å². The summed E-state index contributed by atoms with van der Waals surface area (Å²) >= 11 is 1.24. The number of methoxy groups -OCH3 is 1. The van der Waals surface area contributed by atoms with Gasteiger partial charge in [-0.2, -0.15) is 0 Å². The van der Waals surface area contributed by atoms with Crippen LogP contribution in [0, 0.1) is 19.8 Å². The number of amides is 2. The highest BCUT2D eigenvalue weighted by Crippen LogP contribution is 2.33. The number of esters is 2. The first-order chi connectivity index (χ1) is 15.7. The molecule has 0 radical (unpaired) electrons. The Morgan fingerprint density at radius 1 is 1.18 bits per heavy atom. The van der Waals surface area contributed by atoms with Crippen molar-refractivity contribution in [2.24, 2.45) is 5.92 Å². The molecule has 10 heteroatoms. The zero-order chi connectivity index (χ0) is 24.1. The highest BCUT2D eigenvalue weighted by molar-refractivity contribution is 7.16. The lowest BCUT2D eigenvalue weighted by Gasteiger charge is -2.17. The van der Waals surface area contributed by atoms with Gasteiger partial charge in [-0.15, -0.1) is 11.3 Å². The van der Waals surface area contributed by atoms with E-state index in [0.29, 0.717) is 23.0 Å². The second-order valence-electron chi connectivity index (χ2n) is 7.47. The standard InChI is InChI=1S/C23H26N2O7S/c1-5-31-17-8-6-16(7-9-17)25-11-15(10-19(25)27)22(28)32-12-18(26)24-21-20(23(29)30-4)13(2)14(3)33-21/h6-9,15H,5,10-12H2,1-4H3,(H,24,26)/t15-/m1/s1. The average Bonchev–Trinajstić information content (AvgIpc) is 3.31. The Bertz CT molecular complexity index is 1060. The van der Waals surface area contributed by atoms with Crippen LogP contribution in [0.25, 0.3) is 0 Å². The normalized spacial score (nSPS) is 15.3. The molecule has 2 amide bonds. The minimum Gasteiger partial charge on any atom is -0.494 e. The van der Waals surface area contributed by atoms with E-state index in [0.717, 1.165) is 10.4 Å². The number of nitrogens with zero attached hydrogens (tertiary/aromatic N) is 1. The summed E-state index contributed by atoms with van der Waals surface area (Å²) < 4.78 is 15.3. The zero-order valence-electron chi connectivity index (χ0n) is 18.9. The fourth-order valence-electron chi connectivity index (χ4n) is 3.48. The van der Waals surface area contributed by atoms with Gasteiger partial charge in [-0.1, -0.05) is 0 Å². The molecule has 0 spiro atoms. The lowest BCUT2D eigenvalue weighted by molar-refractivity contribution is -0.151. The van der Waals surface area contributed by atoms with Gasteiger partial charge in [-0.3, -0.25) is 14.4 Å². The smallest absolute Gasteiger partial charge is 0.341 e. The molecule has 1 aromatic heterocycles. The first-order valence-corrected chi connectivity index (χ1v) is 11.2. The van der Waals surface area contributed by atoms with Gasteiger partial charge in [0.15, 0.2) is 6.61 Å². The Morgan fingerprint density at radius 2 is 1.88 bits per heavy atom. The van der Waals surface area contributed by atoms with Crippen molar-refractivity contribution in [1.82, 2.24) is 0 Å². The number of hydrogen-bond donors (Lipinski definition) is 1. The third-order valence-corrected chi connectivity index (χ3v) is 6.41. The summed E-state index contributed by atoms with van der Waals surface area (Å²) in [6, 6.07) is 7.04. The van der Waals surface area contributed by atoms with E-state index in [-0.39, 0.29) is 24.4 Å². The molecule has 3 rings (SSSR count). The van der Waals surface area contributed by atoms with Gasteiger partial charge in [0.25, 0.3) is 5.91 Å². The average molecular weight is 475 g/mol. The molecule has 1 aliphatic rings. The number of carbonyl (C=O) groups is 4. The van der Waals surface area contributed by atoms with Crippen LogP contribution in [-0.4, -0.2) is 50.6 Å². The van der Waals surface area contributed by atoms with Gasteiger partial charge in [0.1, 0.15) is 10.8 Å². The second-order valence-corrected chi connectivity index (χ2v) is 8.69. The maximum Gasteiger partial charge on any atom is 0.341 e. The number of thiophene rings is 1. The van der Waals surface area contributed by atoms with Crippen LogP contribution in [0.15, 0.2) is 24.3 Å². The second kappa shape index (κ2) is 10.5. The Balaban J connectivity index is 1.56. The molecule has 1 saturated heterocycles. The molecule has 0 bridgehead atoms. The van der Waals surface area contributed by atoms with Gasteiger partial charge in [0.2, 0.25) is 5.91 Å². The van der Waals surface area contributed by atoms with Crippen LogP contribution >= 0.6 is 11.3 Å². The highest BCUT2D eigenvalue weighted by atomic mass is 32.1. The third kappa shape index (κ3) is 5.51. The van der Waals surface area contributed by atoms with Crippen molar-refractivity contribution in [3.63, 3.8) is 0 Å². The summed E-state index contributed by atoms with van der Waals surface area (Å²) in [4.78, 5) is 51.6. The molecule has 1 aromatic carbocycles. The van der Waals surface area contributed by atoms with Crippen molar-refractivity contribution in [2.45, 2.75) is 27.2 Å². The minimum absolute atomic E-state index is 0.00344. The van der Waals surface area contributed by atoms with E-state index < -0.39 is 30.4 Å². The van der Waals surface area contributed by atoms with E-state index in [9.17, 15) is 19.2 Å². The molecule has 1 aliphatic heterocycles. The number of anilines is 2. The van der Waals surface area contributed by atoms with Crippen molar-refractivity contribution < 1.29 is 33.4 Å². The lowest BCUT2D eigenvalue weighted by atomic mass is 10.1. The van der Waals surface area contributed by atoms with E-state index in [1.54, 1.807) is 31.2 Å². The quantitative estimate of drug-likeness (QED) is 0.585. The largest absolute Gasteiger partial charge is 0.494 e. The molecule has 176 valence electrons. The molecule has 2 heterocycles. The van der Waals surface area contributed by atoms with Crippen molar-refractivity contribution >= 4 is 45.8 Å². The molecule has 0 unspecified atom stereocenters. The minimum atomic E-state index is -0.672. The van der Waals surface area contributed by atoms with Gasteiger partial charge in [-0.25, -0.2) is 4.79 Å². The Hall–Kier alpha value is -3.40. The predicted octanol–water partition coefficient (Wildman–Crippen LogP) is 3.09. The van der Waals surface area contributed by atoms with E-state index in [2.05, 4.69) is 5.32 Å². The van der Waals surface area contributed by atoms with Gasteiger partial charge in [-0.05, 0) is 50.6 Å². The topological polar surface area (TPSA) is 111 Å². The van der Waals surface area contributed by atoms with Gasteiger partial charge < -0.3 is 24.4 Å². The van der Waals surface area contributed by atoms with E-state index in [1.165, 1.54) is 23.3 Å². The number of nitrogens with one attached hydrogen (secondary N) is 1. The monoisotopic (exact) mass is 474 g/mol. The fourth-order valence-corrected chi connectivity index (χ4v) is 4.55. The maximum absolute atomic E-state index is 12.5. The van der Waals surface area contributed by atoms with Gasteiger partial charge >= 0.3 is 11.9 Å². The Labute approximate surface area is 195 Å². The molecule has 0 saturated carbocycles. The molecule has 1 N–H and O–H groups in total. The third-order valence-electron chi connectivity index (χ3n) is 5.29. The Morgan fingerprint density at radius 3 is 2.52 bits per heavy atom. The number of benzene rings is 1. The molecular weight excluding hydrogens is 448 g/mol. The first-order valence-electron chi connectivity index (χ1n) is 10.4. The molecule has 33 heavy (non-hydrogen) atoms. The zero-order valence-corrected chi connectivity index (χ0v) is 19.7. The van der Waals surface area contributed by atoms with Crippen molar-refractivity contribution in [3.05, 3.63) is 40.3 Å². The van der Waals surface area contributed by atoms with Crippen LogP contribution in [-0.2, 0) is 23.9 Å². The summed E-state index contributed by atoms with van der Waals surface area (Å²) in [7, 11) is 1.27. The molecule has 0 aliphatic carbocycles. The van der Waals surface area contributed by atoms with Gasteiger partial charge in [0, 0.05) is 23.5 Å². The molecule has 2 aromatic rings. The summed E-state index contributed by atoms with van der Waals surface area (Å²) in [6.45, 7) is 5.66. The van der Waals surface area contributed by atoms with Crippen molar-refractivity contribution in [1.29, 1.82) is 0 Å². The molecule has 1 fully saturated rings. The van der Waals surface area contributed by atoms with Crippen LogP contribution in [0.5, 0.6) is 5.75 Å². The number of rotatable bonds is 8. The first kappa shape index (κ1) is 24.2. The molecule has 9 nitrogen and oxygen atoms in total. The summed E-state index contributed by atoms with van der Waals surface area (Å²) in [5, 5.41) is 2.95. The molecule has 1 atom stereocenters. The van der Waals surface area contributed by atoms with Crippen molar-refractivity contribution in [3.8, 4) is 5.75 Å². The number of carbonyl (C=O) groups excluding carboxylic acids is 4. The fraction of sp³-hybridized carbons (Fsp3) is 0.391. The lowest BCUT2D eigenvalue weighted by Crippen LogP contribution is -2.28. The SMILES string of the molecule is CCOc1ccc(N2C[C@H](C(=O)OCC(=O)Nc3sc(C)c(C)c3C(=O)OC)CC2=O)cc1. The van der Waals surface area contributed by atoms with Crippen LogP contribution in [0.4, 0.5) is 10.7 Å². The predicted molar refractivity (Wildman–Crippen MR) is 123 cm³/mol. The summed E-state index contributed by atoms with van der Waals surface area (Å²) in [5.41, 5.74) is 1.67. The number of aryl methyl sites for hydroxylation is 1. The summed E-state index contributed by atoms with van der Waals surface area (Å²) in [6.07, 6.45) is 0.00344. The number of ether oxygens (including phenoxy) is 3. The summed E-state index contributed by atoms with van der Waals surface area (Å²) in [5.74, 6) is -1.93. The van der Waals surface area contributed by atoms with E-state index >= 15 is 0 Å². The molecular formula is C23H26N2O7S. The van der Waals surface area contributed by atoms with Crippen LogP contribution < -0.4 is 15.0 Å². The maximum atomic E-state index is 12.5. The number of hydrogen-bond acceptors (Lipinski definition) is 8. The Kier molecular flexibility index (Phi) is 7.70. The van der Waals surface area contributed by atoms with E-state index in [1.807, 2.05) is 13.8 Å². The van der Waals surface area contributed by atoms with Crippen LogP contribution in [0.3, 0.4) is 0 Å². The van der Waals surface area contributed by atoms with E-state index in [4.69, 9.17) is 14.2 Å². The van der Waals surface area contributed by atoms with Crippen molar-refractivity contribution in [2.75, 3.05) is 37.1 Å². The van der Waals surface area contributed by atoms with Gasteiger partial charge in [0.05, 0.1) is 25.2 Å². The highest BCUT2D eigenvalue weighted by Gasteiger charge is 2.36. The van der Waals surface area contributed by atoms with Crippen LogP contribution in [0.1, 0.15) is 34.1 Å².